The van der Waals surface area contributed by atoms with E-state index in [-0.39, 0.29) is 17.9 Å². The second kappa shape index (κ2) is 6.25. The first kappa shape index (κ1) is 16.5. The summed E-state index contributed by atoms with van der Waals surface area (Å²) in [6.07, 6.45) is 6.48. The second-order valence-corrected chi connectivity index (χ2v) is 7.44. The first-order valence-electron chi connectivity index (χ1n) is 7.68. The van der Waals surface area contributed by atoms with Crippen LogP contribution < -0.4 is 5.73 Å². The van der Waals surface area contributed by atoms with Crippen molar-refractivity contribution in [3.05, 3.63) is 0 Å². The second-order valence-electron chi connectivity index (χ2n) is 7.44. The van der Waals surface area contributed by atoms with E-state index in [1.165, 1.54) is 6.42 Å². The summed E-state index contributed by atoms with van der Waals surface area (Å²) in [6.45, 7) is 8.95. The molecule has 0 aliphatic heterocycles. The topological polar surface area (TPSA) is 63.3 Å². The highest BCUT2D eigenvalue weighted by atomic mass is 16.4. The van der Waals surface area contributed by atoms with E-state index < -0.39 is 5.97 Å². The zero-order chi connectivity index (χ0) is 14.7. The molecule has 1 fully saturated rings. The van der Waals surface area contributed by atoms with Crippen LogP contribution in [-0.4, -0.2) is 17.1 Å². The molecule has 19 heavy (non-hydrogen) atoms. The first-order chi connectivity index (χ1) is 8.71. The molecule has 0 spiro atoms. The van der Waals surface area contributed by atoms with Crippen LogP contribution in [-0.2, 0) is 4.79 Å². The summed E-state index contributed by atoms with van der Waals surface area (Å²) < 4.78 is 0. The van der Waals surface area contributed by atoms with Crippen LogP contribution in [0.15, 0.2) is 0 Å². The Bertz CT molecular complexity index is 308. The smallest absolute Gasteiger partial charge is 0.303 e. The average Bonchev–Trinajstić information content (AvgIpc) is 2.50. The predicted octanol–water partition coefficient (Wildman–Crippen LogP) is 3.81. The highest BCUT2D eigenvalue weighted by molar-refractivity contribution is 5.67. The maximum Gasteiger partial charge on any atom is 0.303 e. The molecule has 0 heterocycles. The van der Waals surface area contributed by atoms with Crippen molar-refractivity contribution >= 4 is 5.97 Å². The third kappa shape index (κ3) is 4.20. The van der Waals surface area contributed by atoms with Gasteiger partial charge in [0.25, 0.3) is 0 Å². The summed E-state index contributed by atoms with van der Waals surface area (Å²) in [5.41, 5.74) is 6.43. The number of carboxylic acids is 1. The lowest BCUT2D eigenvalue weighted by atomic mass is 9.69. The van der Waals surface area contributed by atoms with Crippen molar-refractivity contribution in [2.75, 3.05) is 0 Å². The Balaban J connectivity index is 2.86. The van der Waals surface area contributed by atoms with E-state index in [1.54, 1.807) is 0 Å². The van der Waals surface area contributed by atoms with Gasteiger partial charge in [-0.1, -0.05) is 34.1 Å². The van der Waals surface area contributed by atoms with Gasteiger partial charge in [-0.25, -0.2) is 0 Å². The molecule has 3 unspecified atom stereocenters. The standard InChI is InChI=1S/C16H31NO2/c1-5-13(17)16(11-14(18)19)9-6-7-12(8-10-16)15(2,3)4/h12-13H,5-11,17H2,1-4H3,(H,18,19). The summed E-state index contributed by atoms with van der Waals surface area (Å²) in [7, 11) is 0. The molecule has 0 aromatic rings. The molecule has 3 atom stereocenters. The number of aliphatic carboxylic acids is 1. The van der Waals surface area contributed by atoms with Gasteiger partial charge in [-0.3, -0.25) is 4.79 Å². The van der Waals surface area contributed by atoms with E-state index in [4.69, 9.17) is 5.73 Å². The van der Waals surface area contributed by atoms with E-state index in [1.807, 2.05) is 0 Å². The van der Waals surface area contributed by atoms with Crippen molar-refractivity contribution in [1.29, 1.82) is 0 Å². The van der Waals surface area contributed by atoms with Gasteiger partial charge in [-0.05, 0) is 48.9 Å². The summed E-state index contributed by atoms with van der Waals surface area (Å²) in [6, 6.07) is 0.0160. The van der Waals surface area contributed by atoms with E-state index in [0.29, 0.717) is 11.3 Å². The minimum atomic E-state index is -0.696. The molecule has 3 N–H and O–H groups in total. The zero-order valence-electron chi connectivity index (χ0n) is 13.0. The van der Waals surface area contributed by atoms with Gasteiger partial charge in [0.2, 0.25) is 0 Å². The minimum Gasteiger partial charge on any atom is -0.481 e. The fourth-order valence-electron chi connectivity index (χ4n) is 3.71. The van der Waals surface area contributed by atoms with Gasteiger partial charge in [-0.15, -0.1) is 0 Å². The maximum absolute atomic E-state index is 11.2. The van der Waals surface area contributed by atoms with Crippen LogP contribution in [0.2, 0.25) is 0 Å². The lowest BCUT2D eigenvalue weighted by Gasteiger charge is -2.37. The Labute approximate surface area is 118 Å². The van der Waals surface area contributed by atoms with E-state index in [0.717, 1.165) is 32.1 Å². The van der Waals surface area contributed by atoms with Crippen molar-refractivity contribution in [2.45, 2.75) is 78.7 Å². The number of hydrogen-bond acceptors (Lipinski definition) is 2. The monoisotopic (exact) mass is 269 g/mol. The van der Waals surface area contributed by atoms with Crippen LogP contribution in [0.1, 0.15) is 72.6 Å². The Morgan fingerprint density at radius 1 is 1.37 bits per heavy atom. The van der Waals surface area contributed by atoms with Crippen LogP contribution in [0.4, 0.5) is 0 Å². The van der Waals surface area contributed by atoms with Crippen LogP contribution in [0, 0.1) is 16.7 Å². The fraction of sp³-hybridized carbons (Fsp3) is 0.938. The summed E-state index contributed by atoms with van der Waals surface area (Å²) in [4.78, 5) is 11.2. The zero-order valence-corrected chi connectivity index (χ0v) is 13.0. The molecule has 1 saturated carbocycles. The third-order valence-corrected chi connectivity index (χ3v) is 5.17. The van der Waals surface area contributed by atoms with Gasteiger partial charge >= 0.3 is 5.97 Å². The molecule has 112 valence electrons. The van der Waals surface area contributed by atoms with Gasteiger partial charge in [0.1, 0.15) is 0 Å². The van der Waals surface area contributed by atoms with Gasteiger partial charge in [0.05, 0.1) is 6.42 Å². The molecule has 1 aliphatic rings. The maximum atomic E-state index is 11.2. The molecular formula is C16H31NO2. The van der Waals surface area contributed by atoms with Gasteiger partial charge in [-0.2, -0.15) is 0 Å². The molecule has 0 saturated heterocycles. The number of hydrogen-bond donors (Lipinski definition) is 2. The van der Waals surface area contributed by atoms with E-state index in [2.05, 4.69) is 27.7 Å². The summed E-state index contributed by atoms with van der Waals surface area (Å²) in [5, 5.41) is 9.24. The van der Waals surface area contributed by atoms with E-state index in [9.17, 15) is 9.90 Å². The predicted molar refractivity (Wildman–Crippen MR) is 79.0 cm³/mol. The first-order valence-corrected chi connectivity index (χ1v) is 7.68. The lowest BCUT2D eigenvalue weighted by molar-refractivity contribution is -0.140. The SMILES string of the molecule is CCC(N)C1(CC(=O)O)CCCC(C(C)(C)C)CC1. The molecule has 0 radical (unpaired) electrons. The molecule has 0 amide bonds. The molecule has 0 aromatic carbocycles. The van der Waals surface area contributed by atoms with Crippen LogP contribution >= 0.6 is 0 Å². The van der Waals surface area contributed by atoms with Gasteiger partial charge < -0.3 is 10.8 Å². The summed E-state index contributed by atoms with van der Waals surface area (Å²) in [5.74, 6) is -0.00895. The Morgan fingerprint density at radius 3 is 2.47 bits per heavy atom. The molecule has 1 rings (SSSR count). The highest BCUT2D eigenvalue weighted by Gasteiger charge is 2.41. The van der Waals surface area contributed by atoms with E-state index >= 15 is 0 Å². The Hall–Kier alpha value is -0.570. The average molecular weight is 269 g/mol. The molecular weight excluding hydrogens is 238 g/mol. The minimum absolute atomic E-state index is 0.0160. The summed E-state index contributed by atoms with van der Waals surface area (Å²) >= 11 is 0. The van der Waals surface area contributed by atoms with Crippen molar-refractivity contribution < 1.29 is 9.90 Å². The van der Waals surface area contributed by atoms with Gasteiger partial charge in [0, 0.05) is 6.04 Å². The molecule has 0 aromatic heterocycles. The number of carbonyl (C=O) groups is 1. The van der Waals surface area contributed by atoms with Crippen molar-refractivity contribution in [1.82, 2.24) is 0 Å². The number of nitrogens with two attached hydrogens (primary N) is 1. The molecule has 0 bridgehead atoms. The van der Waals surface area contributed by atoms with Crippen LogP contribution in [0.3, 0.4) is 0 Å². The number of rotatable bonds is 4. The number of carboxylic acid groups (broad SMARTS) is 1. The third-order valence-electron chi connectivity index (χ3n) is 5.17. The molecule has 1 aliphatic carbocycles. The fourth-order valence-corrected chi connectivity index (χ4v) is 3.71. The lowest BCUT2D eigenvalue weighted by Crippen LogP contribution is -2.42. The quantitative estimate of drug-likeness (QED) is 0.763. The highest BCUT2D eigenvalue weighted by Crippen LogP contribution is 2.46. The van der Waals surface area contributed by atoms with Gasteiger partial charge in [0.15, 0.2) is 0 Å². The van der Waals surface area contributed by atoms with Crippen molar-refractivity contribution in [3.63, 3.8) is 0 Å². The Kier molecular flexibility index (Phi) is 5.43. The van der Waals surface area contributed by atoms with Crippen LogP contribution in [0.25, 0.3) is 0 Å². The molecule has 3 heteroatoms. The Morgan fingerprint density at radius 2 is 2.00 bits per heavy atom. The largest absolute Gasteiger partial charge is 0.481 e. The normalized spacial score (nSPS) is 30.7. The van der Waals surface area contributed by atoms with Crippen LogP contribution in [0.5, 0.6) is 0 Å². The van der Waals surface area contributed by atoms with Crippen molar-refractivity contribution in [3.8, 4) is 0 Å². The van der Waals surface area contributed by atoms with Crippen molar-refractivity contribution in [2.24, 2.45) is 22.5 Å². The molecule has 3 nitrogen and oxygen atoms in total.